The molecule has 4 aromatic rings. The van der Waals surface area contributed by atoms with Crippen LogP contribution in [0, 0.1) is 11.6 Å². The van der Waals surface area contributed by atoms with Gasteiger partial charge in [-0.3, -0.25) is 4.79 Å². The number of halogens is 2. The molecule has 7 nitrogen and oxygen atoms in total. The summed E-state index contributed by atoms with van der Waals surface area (Å²) in [5.74, 6) is -2.14. The smallest absolute Gasteiger partial charge is 0.355 e. The number of carbonyl (C=O) groups excluding carboxylic acids is 2. The molecule has 2 atom stereocenters. The van der Waals surface area contributed by atoms with E-state index in [9.17, 15) is 28.6 Å². The normalized spacial score (nSPS) is 12.8. The summed E-state index contributed by atoms with van der Waals surface area (Å²) in [5.41, 5.74) is 3.57. The van der Waals surface area contributed by atoms with Crippen LogP contribution in [0.25, 0.3) is 28.3 Å². The summed E-state index contributed by atoms with van der Waals surface area (Å²) in [6, 6.07) is 20.4. The van der Waals surface area contributed by atoms with Crippen molar-refractivity contribution < 1.29 is 38.1 Å². The first-order valence-corrected chi connectivity index (χ1v) is 14.2. The first-order valence-electron chi connectivity index (χ1n) is 14.2. The number of aliphatic hydroxyl groups excluding tert-OH is 2. The number of hydrogen-bond acceptors (Lipinski definition) is 6. The number of ether oxygens (including phenoxy) is 2. The number of rotatable bonds is 12. The lowest BCUT2D eigenvalue weighted by molar-refractivity contribution is -0.143. The van der Waals surface area contributed by atoms with E-state index in [1.165, 1.54) is 37.5 Å². The highest BCUT2D eigenvalue weighted by molar-refractivity contribution is 6.04. The Labute approximate surface area is 255 Å². The van der Waals surface area contributed by atoms with Gasteiger partial charge in [0.2, 0.25) is 0 Å². The lowest BCUT2D eigenvalue weighted by Gasteiger charge is -2.17. The quantitative estimate of drug-likeness (QED) is 0.174. The Bertz CT molecular complexity index is 1600. The third-order valence-electron chi connectivity index (χ3n) is 7.05. The van der Waals surface area contributed by atoms with Gasteiger partial charge in [0, 0.05) is 29.3 Å². The van der Waals surface area contributed by atoms with E-state index in [0.29, 0.717) is 27.9 Å². The molecular formula is C35H35F2NO6. The van der Waals surface area contributed by atoms with Crippen molar-refractivity contribution in [3.05, 3.63) is 114 Å². The van der Waals surface area contributed by atoms with Gasteiger partial charge in [0.05, 0.1) is 25.7 Å². The molecule has 0 spiro atoms. The van der Waals surface area contributed by atoms with Crippen molar-refractivity contribution in [1.82, 2.24) is 4.57 Å². The average molecular weight is 604 g/mol. The van der Waals surface area contributed by atoms with Crippen molar-refractivity contribution in [2.45, 2.75) is 51.5 Å². The second-order valence-corrected chi connectivity index (χ2v) is 10.6. The lowest BCUT2D eigenvalue weighted by atomic mass is 9.94. The third-order valence-corrected chi connectivity index (χ3v) is 7.05. The lowest BCUT2D eigenvalue weighted by Crippen LogP contribution is -2.20. The monoisotopic (exact) mass is 603 g/mol. The standard InChI is InChI=1S/C35H35F2NO6/c1-22(2)38-30(18-17-28(39)19-29(40)20-31(41)43-3)32(24-9-13-26(36)14-10-24)33(25-11-15-27(37)16-12-25)34(38)35(42)44-21-23-7-5-4-6-8-23/h4-18,22,28-29,39-40H,19-21H2,1-3H3/t28-,29+/m0/s1. The first kappa shape index (κ1) is 32.3. The van der Waals surface area contributed by atoms with Crippen LogP contribution in [0.15, 0.2) is 84.9 Å². The number of aromatic nitrogens is 1. The SMILES string of the molecule is COC(=O)C[C@H](O)C[C@@H](O)C=Cc1c(-c2ccc(F)cc2)c(-c2ccc(F)cc2)c(C(=O)OCc2ccccc2)n1C(C)C. The van der Waals surface area contributed by atoms with E-state index in [1.807, 2.05) is 44.2 Å². The van der Waals surface area contributed by atoms with Gasteiger partial charge in [-0.1, -0.05) is 60.7 Å². The number of benzene rings is 3. The first-order chi connectivity index (χ1) is 21.1. The molecule has 0 bridgehead atoms. The van der Waals surface area contributed by atoms with E-state index < -0.39 is 35.8 Å². The number of hydrogen-bond donors (Lipinski definition) is 2. The predicted octanol–water partition coefficient (Wildman–Crippen LogP) is 6.73. The van der Waals surface area contributed by atoms with Gasteiger partial charge in [0.15, 0.2) is 0 Å². The predicted molar refractivity (Wildman–Crippen MR) is 163 cm³/mol. The van der Waals surface area contributed by atoms with E-state index >= 15 is 0 Å². The number of esters is 2. The molecule has 44 heavy (non-hydrogen) atoms. The van der Waals surface area contributed by atoms with Gasteiger partial charge in [0.1, 0.15) is 23.9 Å². The summed E-state index contributed by atoms with van der Waals surface area (Å²) in [7, 11) is 1.21. The van der Waals surface area contributed by atoms with Gasteiger partial charge in [-0.2, -0.15) is 0 Å². The Morgan fingerprint density at radius 3 is 1.98 bits per heavy atom. The zero-order valence-electron chi connectivity index (χ0n) is 24.7. The minimum absolute atomic E-state index is 0.0135. The van der Waals surface area contributed by atoms with E-state index in [4.69, 9.17) is 4.74 Å². The minimum Gasteiger partial charge on any atom is -0.469 e. The maximum atomic E-state index is 14.0. The van der Waals surface area contributed by atoms with Crippen LogP contribution in [0.3, 0.4) is 0 Å². The molecule has 0 fully saturated rings. The van der Waals surface area contributed by atoms with Gasteiger partial charge < -0.3 is 24.3 Å². The van der Waals surface area contributed by atoms with E-state index in [0.717, 1.165) is 5.56 Å². The van der Waals surface area contributed by atoms with Crippen LogP contribution in [0.5, 0.6) is 0 Å². The topological polar surface area (TPSA) is 98.0 Å². The van der Waals surface area contributed by atoms with Gasteiger partial charge in [-0.25, -0.2) is 13.6 Å². The second kappa shape index (κ2) is 14.7. The van der Waals surface area contributed by atoms with Gasteiger partial charge in [-0.05, 0) is 60.9 Å². The largest absolute Gasteiger partial charge is 0.469 e. The molecule has 0 radical (unpaired) electrons. The molecular weight excluding hydrogens is 568 g/mol. The molecule has 0 aliphatic rings. The summed E-state index contributed by atoms with van der Waals surface area (Å²) in [4.78, 5) is 25.5. The van der Waals surface area contributed by atoms with Gasteiger partial charge in [-0.15, -0.1) is 0 Å². The van der Waals surface area contributed by atoms with Crippen LogP contribution >= 0.6 is 0 Å². The van der Waals surface area contributed by atoms with Gasteiger partial charge >= 0.3 is 11.9 Å². The van der Waals surface area contributed by atoms with Crippen LogP contribution < -0.4 is 0 Å². The van der Waals surface area contributed by atoms with Crippen LogP contribution in [0.2, 0.25) is 0 Å². The van der Waals surface area contributed by atoms with Crippen molar-refractivity contribution in [1.29, 1.82) is 0 Å². The zero-order valence-corrected chi connectivity index (χ0v) is 24.7. The number of carbonyl (C=O) groups is 2. The van der Waals surface area contributed by atoms with E-state index in [-0.39, 0.29) is 31.2 Å². The molecule has 3 aromatic carbocycles. The summed E-state index contributed by atoms with van der Waals surface area (Å²) in [6.07, 6.45) is 0.348. The fourth-order valence-corrected chi connectivity index (χ4v) is 5.02. The van der Waals surface area contributed by atoms with Crippen LogP contribution in [0.4, 0.5) is 8.78 Å². The molecule has 2 N–H and O–H groups in total. The van der Waals surface area contributed by atoms with Gasteiger partial charge in [0.25, 0.3) is 0 Å². The molecule has 4 rings (SSSR count). The zero-order chi connectivity index (χ0) is 31.8. The third kappa shape index (κ3) is 7.86. The number of aliphatic hydroxyl groups is 2. The summed E-state index contributed by atoms with van der Waals surface area (Å²) >= 11 is 0. The highest BCUT2D eigenvalue weighted by Crippen LogP contribution is 2.43. The van der Waals surface area contributed by atoms with Crippen LogP contribution in [-0.2, 0) is 20.9 Å². The number of nitrogens with zero attached hydrogens (tertiary/aromatic N) is 1. The maximum Gasteiger partial charge on any atom is 0.355 e. The highest BCUT2D eigenvalue weighted by Gasteiger charge is 2.30. The van der Waals surface area contributed by atoms with E-state index in [1.54, 1.807) is 34.9 Å². The van der Waals surface area contributed by atoms with Crippen molar-refractivity contribution in [3.63, 3.8) is 0 Å². The van der Waals surface area contributed by atoms with E-state index in [2.05, 4.69) is 4.74 Å². The Balaban J connectivity index is 1.90. The van der Waals surface area contributed by atoms with Crippen molar-refractivity contribution >= 4 is 18.0 Å². The molecule has 230 valence electrons. The molecule has 0 aliphatic heterocycles. The fraction of sp³-hybridized carbons (Fsp3) is 0.257. The molecule has 1 heterocycles. The Morgan fingerprint density at radius 2 is 1.43 bits per heavy atom. The Hall–Kier alpha value is -4.60. The molecule has 0 saturated heterocycles. The minimum atomic E-state index is -1.16. The molecule has 1 aromatic heterocycles. The van der Waals surface area contributed by atoms with Crippen molar-refractivity contribution in [3.8, 4) is 22.3 Å². The van der Waals surface area contributed by atoms with Crippen molar-refractivity contribution in [2.24, 2.45) is 0 Å². The average Bonchev–Trinajstić information content (AvgIpc) is 3.35. The maximum absolute atomic E-state index is 14.0. The summed E-state index contributed by atoms with van der Waals surface area (Å²) in [6.45, 7) is 3.77. The van der Waals surface area contributed by atoms with Crippen molar-refractivity contribution in [2.75, 3.05) is 7.11 Å². The second-order valence-electron chi connectivity index (χ2n) is 10.6. The van der Waals surface area contributed by atoms with Crippen LogP contribution in [0.1, 0.15) is 54.5 Å². The Morgan fingerprint density at radius 1 is 0.864 bits per heavy atom. The number of methoxy groups -OCH3 is 1. The molecule has 0 unspecified atom stereocenters. The molecule has 0 saturated carbocycles. The fourth-order valence-electron chi connectivity index (χ4n) is 5.02. The van der Waals surface area contributed by atoms with Crippen LogP contribution in [-0.4, -0.2) is 46.0 Å². The molecule has 0 amide bonds. The summed E-state index contributed by atoms with van der Waals surface area (Å²) in [5, 5.41) is 21.0. The Kier molecular flexibility index (Phi) is 10.8. The molecule has 0 aliphatic carbocycles. The summed E-state index contributed by atoms with van der Waals surface area (Å²) < 4.78 is 40.2. The highest BCUT2D eigenvalue weighted by atomic mass is 19.1. The molecule has 9 heteroatoms.